The van der Waals surface area contributed by atoms with E-state index in [1.165, 1.54) is 12.4 Å². The number of nitrogens with one attached hydrogen (secondary N) is 1. The summed E-state index contributed by atoms with van der Waals surface area (Å²) < 4.78 is 39.4. The predicted molar refractivity (Wildman–Crippen MR) is 94.1 cm³/mol. The number of aromatic amines is 1. The van der Waals surface area contributed by atoms with Gasteiger partial charge in [-0.25, -0.2) is 21.8 Å². The quantitative estimate of drug-likeness (QED) is 0.379. The Labute approximate surface area is 154 Å². The van der Waals surface area contributed by atoms with Crippen LogP contribution in [0.5, 0.6) is 0 Å². The monoisotopic (exact) mass is 390 g/mol. The van der Waals surface area contributed by atoms with Crippen molar-refractivity contribution in [1.29, 1.82) is 0 Å². The highest BCUT2D eigenvalue weighted by molar-refractivity contribution is 7.90. The number of allylic oxidation sites excluding steroid dienone is 1. The molecule has 1 aromatic carbocycles. The van der Waals surface area contributed by atoms with Gasteiger partial charge in [0.25, 0.3) is 10.0 Å². The number of benzene rings is 1. The standard InChI is InChI=1S/C17H15FN4O4S/c1-2-11-8-22(27(25,26)13-5-3-12(18)4-6-13)9-14(11)15(23)7-16(24)17-19-10-20-21-17/h3-10,23H,2H2,1H3,(H,19,20,21). The molecule has 8 nitrogen and oxygen atoms in total. The Morgan fingerprint density at radius 2 is 2.00 bits per heavy atom. The van der Waals surface area contributed by atoms with Crippen LogP contribution in [0.3, 0.4) is 0 Å². The largest absolute Gasteiger partial charge is 0.507 e. The fraction of sp³-hybridized carbons (Fsp3) is 0.118. The number of hydrogen-bond donors (Lipinski definition) is 2. The Hall–Kier alpha value is -3.27. The second-order valence-corrected chi connectivity index (χ2v) is 7.41. The first-order chi connectivity index (χ1) is 12.8. The summed E-state index contributed by atoms with van der Waals surface area (Å²) in [5, 5.41) is 16.2. The number of aryl methyl sites for hydroxylation is 1. The zero-order valence-electron chi connectivity index (χ0n) is 14.1. The highest BCUT2D eigenvalue weighted by atomic mass is 32.2. The third-order valence-electron chi connectivity index (χ3n) is 3.85. The minimum absolute atomic E-state index is 0.0574. The number of halogens is 1. The molecule has 0 amide bonds. The van der Waals surface area contributed by atoms with Crippen molar-refractivity contribution in [3.05, 3.63) is 71.8 Å². The van der Waals surface area contributed by atoms with E-state index in [4.69, 9.17) is 0 Å². The number of hydrogen-bond acceptors (Lipinski definition) is 6. The fourth-order valence-corrected chi connectivity index (χ4v) is 3.68. The second-order valence-electron chi connectivity index (χ2n) is 5.57. The third-order valence-corrected chi connectivity index (χ3v) is 5.48. The van der Waals surface area contributed by atoms with Crippen molar-refractivity contribution < 1.29 is 22.7 Å². The van der Waals surface area contributed by atoms with Crippen molar-refractivity contribution in [2.24, 2.45) is 0 Å². The van der Waals surface area contributed by atoms with E-state index in [0.717, 1.165) is 40.6 Å². The van der Waals surface area contributed by atoms with Crippen molar-refractivity contribution in [1.82, 2.24) is 19.2 Å². The Kier molecular flexibility index (Phi) is 4.91. The lowest BCUT2D eigenvalue weighted by atomic mass is 10.1. The summed E-state index contributed by atoms with van der Waals surface area (Å²) in [7, 11) is -3.97. The molecule has 3 rings (SSSR count). The molecule has 2 heterocycles. The van der Waals surface area contributed by atoms with Crippen molar-refractivity contribution in [3.63, 3.8) is 0 Å². The summed E-state index contributed by atoms with van der Waals surface area (Å²) in [5.41, 5.74) is 0.704. The van der Waals surface area contributed by atoms with Crippen LogP contribution in [0.1, 0.15) is 28.7 Å². The minimum atomic E-state index is -3.97. The van der Waals surface area contributed by atoms with Crippen LogP contribution in [-0.4, -0.2) is 38.5 Å². The van der Waals surface area contributed by atoms with E-state index in [2.05, 4.69) is 15.2 Å². The number of aliphatic hydroxyl groups excluding tert-OH is 1. The van der Waals surface area contributed by atoms with Crippen LogP contribution in [0.2, 0.25) is 0 Å². The third kappa shape index (κ3) is 3.65. The lowest BCUT2D eigenvalue weighted by molar-refractivity contribution is 0.103. The maximum Gasteiger partial charge on any atom is 0.267 e. The van der Waals surface area contributed by atoms with Crippen LogP contribution in [0.15, 0.2) is 54.0 Å². The van der Waals surface area contributed by atoms with E-state index < -0.39 is 27.4 Å². The van der Waals surface area contributed by atoms with Crippen molar-refractivity contribution in [3.8, 4) is 0 Å². The highest BCUT2D eigenvalue weighted by Gasteiger charge is 2.21. The van der Waals surface area contributed by atoms with E-state index in [9.17, 15) is 22.7 Å². The first-order valence-corrected chi connectivity index (χ1v) is 9.29. The van der Waals surface area contributed by atoms with Crippen LogP contribution in [-0.2, 0) is 16.4 Å². The number of rotatable bonds is 6. The van der Waals surface area contributed by atoms with Gasteiger partial charge in [-0.2, -0.15) is 5.10 Å². The number of aliphatic hydroxyl groups is 1. The number of carbonyl (C=O) groups is 1. The number of ketones is 1. The Balaban J connectivity index is 2.00. The minimum Gasteiger partial charge on any atom is -0.507 e. The lowest BCUT2D eigenvalue weighted by Gasteiger charge is -2.05. The van der Waals surface area contributed by atoms with Crippen molar-refractivity contribution in [2.75, 3.05) is 0 Å². The average Bonchev–Trinajstić information content (AvgIpc) is 3.32. The van der Waals surface area contributed by atoms with Crippen molar-refractivity contribution in [2.45, 2.75) is 18.2 Å². The molecule has 0 spiro atoms. The van der Waals surface area contributed by atoms with Gasteiger partial charge in [0.1, 0.15) is 17.9 Å². The maximum absolute atomic E-state index is 13.1. The number of H-pyrrole nitrogens is 1. The van der Waals surface area contributed by atoms with Crippen molar-refractivity contribution >= 4 is 21.6 Å². The topological polar surface area (TPSA) is 118 Å². The van der Waals surface area contributed by atoms with Gasteiger partial charge >= 0.3 is 0 Å². The van der Waals surface area contributed by atoms with Crippen LogP contribution in [0.25, 0.3) is 5.76 Å². The van der Waals surface area contributed by atoms with Gasteiger partial charge < -0.3 is 5.11 Å². The first kappa shape index (κ1) is 18.5. The molecule has 0 unspecified atom stereocenters. The van der Waals surface area contributed by atoms with Crippen LogP contribution in [0, 0.1) is 5.82 Å². The van der Waals surface area contributed by atoms with Gasteiger partial charge in [-0.3, -0.25) is 9.89 Å². The Morgan fingerprint density at radius 1 is 1.30 bits per heavy atom. The molecule has 27 heavy (non-hydrogen) atoms. The first-order valence-electron chi connectivity index (χ1n) is 7.85. The molecule has 0 saturated carbocycles. The lowest BCUT2D eigenvalue weighted by Crippen LogP contribution is -2.11. The SMILES string of the molecule is CCc1cn(S(=O)(=O)c2ccc(F)cc2)cc1C(O)=CC(=O)c1ncn[nH]1. The smallest absolute Gasteiger partial charge is 0.267 e. The summed E-state index contributed by atoms with van der Waals surface area (Å²) in [6.07, 6.45) is 5.05. The summed E-state index contributed by atoms with van der Waals surface area (Å²) >= 11 is 0. The molecule has 0 radical (unpaired) electrons. The molecule has 0 aliphatic rings. The summed E-state index contributed by atoms with van der Waals surface area (Å²) in [5.74, 6) is -1.62. The van der Waals surface area contributed by atoms with Gasteiger partial charge in [0.15, 0.2) is 5.82 Å². The summed E-state index contributed by atoms with van der Waals surface area (Å²) in [6.45, 7) is 1.78. The number of aromatic nitrogens is 4. The Morgan fingerprint density at radius 3 is 2.59 bits per heavy atom. The summed E-state index contributed by atoms with van der Waals surface area (Å²) in [6, 6.07) is 4.40. The molecule has 0 saturated heterocycles. The van der Waals surface area contributed by atoms with E-state index >= 15 is 0 Å². The number of carbonyl (C=O) groups excluding carboxylic acids is 1. The molecule has 0 fully saturated rings. The highest BCUT2D eigenvalue weighted by Crippen LogP contribution is 2.23. The molecular weight excluding hydrogens is 375 g/mol. The van der Waals surface area contributed by atoms with E-state index in [0.29, 0.717) is 12.0 Å². The van der Waals surface area contributed by atoms with E-state index in [1.807, 2.05) is 0 Å². The Bertz CT molecular complexity index is 1100. The second kappa shape index (κ2) is 7.16. The zero-order valence-corrected chi connectivity index (χ0v) is 14.9. The fourth-order valence-electron chi connectivity index (χ4n) is 2.44. The molecule has 0 atom stereocenters. The molecule has 0 bridgehead atoms. The molecular formula is C17H15FN4O4S. The van der Waals surface area contributed by atoms with Crippen LogP contribution < -0.4 is 0 Å². The van der Waals surface area contributed by atoms with Gasteiger partial charge in [-0.15, -0.1) is 0 Å². The van der Waals surface area contributed by atoms with Gasteiger partial charge in [-0.1, -0.05) is 6.92 Å². The molecule has 2 aromatic heterocycles. The van der Waals surface area contributed by atoms with Gasteiger partial charge in [0.05, 0.1) is 4.90 Å². The molecule has 140 valence electrons. The van der Waals surface area contributed by atoms with Gasteiger partial charge in [0, 0.05) is 24.0 Å². The molecule has 3 aromatic rings. The molecule has 2 N–H and O–H groups in total. The van der Waals surface area contributed by atoms with Gasteiger partial charge in [-0.05, 0) is 36.2 Å². The molecule has 0 aliphatic heterocycles. The van der Waals surface area contributed by atoms with Crippen LogP contribution in [0.4, 0.5) is 4.39 Å². The average molecular weight is 390 g/mol. The zero-order chi connectivity index (χ0) is 19.6. The van der Waals surface area contributed by atoms with E-state index in [1.54, 1.807) is 6.92 Å². The van der Waals surface area contributed by atoms with Gasteiger partial charge in [0.2, 0.25) is 5.78 Å². The molecule has 10 heteroatoms. The summed E-state index contributed by atoms with van der Waals surface area (Å²) in [4.78, 5) is 15.6. The van der Waals surface area contributed by atoms with Crippen LogP contribution >= 0.6 is 0 Å². The maximum atomic E-state index is 13.1. The molecule has 0 aliphatic carbocycles. The number of nitrogens with zero attached hydrogens (tertiary/aromatic N) is 3. The van der Waals surface area contributed by atoms with E-state index in [-0.39, 0.29) is 16.3 Å². The predicted octanol–water partition coefficient (Wildman–Crippen LogP) is 2.33. The normalized spacial score (nSPS) is 12.3.